The summed E-state index contributed by atoms with van der Waals surface area (Å²) in [4.78, 5) is 7.16. The van der Waals surface area contributed by atoms with Crippen molar-refractivity contribution in [3.63, 3.8) is 0 Å². The largest absolute Gasteiger partial charge is 0.497 e. The molecule has 6 rings (SSSR count). The van der Waals surface area contributed by atoms with Crippen molar-refractivity contribution in [1.82, 2.24) is 9.97 Å². The van der Waals surface area contributed by atoms with Crippen LogP contribution in [0.3, 0.4) is 0 Å². The monoisotopic (exact) mass is 472 g/mol. The van der Waals surface area contributed by atoms with Gasteiger partial charge in [0, 0.05) is 45.7 Å². The summed E-state index contributed by atoms with van der Waals surface area (Å²) in [6, 6.07) is 37.7. The fraction of sp³-hybridized carbons (Fsp3) is 0.0625. The van der Waals surface area contributed by atoms with Gasteiger partial charge in [-0.1, -0.05) is 84.9 Å². The molecule has 1 atom stereocenters. The Labute approximate surface area is 209 Å². The highest BCUT2D eigenvalue weighted by Crippen LogP contribution is 2.50. The number of aromatic nitrogens is 2. The van der Waals surface area contributed by atoms with Gasteiger partial charge in [0.1, 0.15) is 17.0 Å². The minimum Gasteiger partial charge on any atom is -0.497 e. The zero-order valence-electron chi connectivity index (χ0n) is 19.8. The number of halogens is 1. The summed E-state index contributed by atoms with van der Waals surface area (Å²) in [5.74, 6) is 0.134. The van der Waals surface area contributed by atoms with Crippen LogP contribution < -0.4 is 4.74 Å². The van der Waals surface area contributed by atoms with Crippen molar-refractivity contribution in [2.75, 3.05) is 7.11 Å². The molecule has 0 aliphatic carbocycles. The van der Waals surface area contributed by atoms with E-state index in [1.807, 2.05) is 79.0 Å². The molecular weight excluding hydrogens is 447 g/mol. The zero-order chi connectivity index (χ0) is 24.5. The maximum Gasteiger partial charge on any atom is 0.131 e. The van der Waals surface area contributed by atoms with Crippen molar-refractivity contribution in [2.45, 2.75) is 5.41 Å². The topological polar surface area (TPSA) is 40.8 Å². The van der Waals surface area contributed by atoms with Crippen LogP contribution in [0.25, 0.3) is 22.0 Å². The molecule has 4 heteroatoms. The lowest BCUT2D eigenvalue weighted by molar-refractivity contribution is 0.410. The van der Waals surface area contributed by atoms with Gasteiger partial charge in [-0.2, -0.15) is 0 Å². The molecule has 3 nitrogen and oxygen atoms in total. The Morgan fingerprint density at radius 2 is 1.47 bits per heavy atom. The molecule has 0 saturated heterocycles. The average molecular weight is 473 g/mol. The van der Waals surface area contributed by atoms with Gasteiger partial charge in [0.15, 0.2) is 0 Å². The molecule has 0 bridgehead atoms. The lowest BCUT2D eigenvalue weighted by Crippen LogP contribution is -2.33. The second-order valence-electron chi connectivity index (χ2n) is 8.83. The Hall–Kier alpha value is -4.57. The summed E-state index contributed by atoms with van der Waals surface area (Å²) in [7, 11) is 1.55. The molecule has 0 amide bonds. The molecule has 0 saturated carbocycles. The first-order valence-electron chi connectivity index (χ1n) is 11.9. The van der Waals surface area contributed by atoms with E-state index in [1.165, 1.54) is 6.07 Å². The van der Waals surface area contributed by atoms with E-state index in [0.29, 0.717) is 11.3 Å². The molecule has 1 unspecified atom stereocenters. The summed E-state index contributed by atoms with van der Waals surface area (Å²) in [5.41, 5.74) is 5.33. The van der Waals surface area contributed by atoms with Crippen LogP contribution in [0, 0.1) is 5.82 Å². The Bertz CT molecular complexity index is 1620. The fourth-order valence-electron chi connectivity index (χ4n) is 5.38. The lowest BCUT2D eigenvalue weighted by Gasteiger charge is -2.35. The van der Waals surface area contributed by atoms with E-state index < -0.39 is 5.41 Å². The number of hydrogen-bond acceptors (Lipinski definition) is 1. The van der Waals surface area contributed by atoms with E-state index in [-0.39, 0.29) is 5.82 Å². The number of fused-ring (bicyclic) bond motifs is 1. The smallest absolute Gasteiger partial charge is 0.131 e. The molecule has 2 aromatic heterocycles. The normalized spacial score (nSPS) is 12.9. The molecular formula is C32H25FN2O. The van der Waals surface area contributed by atoms with Gasteiger partial charge in [-0.15, -0.1) is 0 Å². The number of para-hydroxylation sites is 1. The Morgan fingerprint density at radius 3 is 2.17 bits per heavy atom. The van der Waals surface area contributed by atoms with Crippen molar-refractivity contribution in [1.29, 1.82) is 0 Å². The second kappa shape index (κ2) is 8.90. The molecule has 4 aromatic carbocycles. The first-order valence-corrected chi connectivity index (χ1v) is 11.9. The summed E-state index contributed by atoms with van der Waals surface area (Å²) in [6.07, 6.45) is 1.89. The summed E-state index contributed by atoms with van der Waals surface area (Å²) >= 11 is 0. The predicted molar refractivity (Wildman–Crippen MR) is 143 cm³/mol. The van der Waals surface area contributed by atoms with Crippen LogP contribution >= 0.6 is 0 Å². The van der Waals surface area contributed by atoms with Crippen LogP contribution in [-0.2, 0) is 5.41 Å². The van der Waals surface area contributed by atoms with Gasteiger partial charge in [-0.05, 0) is 35.4 Å². The molecule has 0 aliphatic heterocycles. The van der Waals surface area contributed by atoms with E-state index in [0.717, 1.165) is 39.0 Å². The maximum absolute atomic E-state index is 16.2. The van der Waals surface area contributed by atoms with Gasteiger partial charge in [0.25, 0.3) is 0 Å². The summed E-state index contributed by atoms with van der Waals surface area (Å²) in [5, 5.41) is 1.08. The predicted octanol–water partition coefficient (Wildman–Crippen LogP) is 7.69. The number of methoxy groups -OCH3 is 1. The van der Waals surface area contributed by atoms with Gasteiger partial charge in [0.2, 0.25) is 0 Å². The highest BCUT2D eigenvalue weighted by Gasteiger charge is 2.44. The number of H-pyrrole nitrogens is 2. The van der Waals surface area contributed by atoms with Gasteiger partial charge in [-0.25, -0.2) is 4.39 Å². The van der Waals surface area contributed by atoms with Gasteiger partial charge < -0.3 is 14.7 Å². The van der Waals surface area contributed by atoms with Crippen LogP contribution in [0.15, 0.2) is 121 Å². The molecule has 0 spiro atoms. The number of rotatable bonds is 6. The summed E-state index contributed by atoms with van der Waals surface area (Å²) < 4.78 is 21.5. The maximum atomic E-state index is 16.2. The minimum absolute atomic E-state index is 0.342. The van der Waals surface area contributed by atoms with Crippen molar-refractivity contribution in [3.05, 3.63) is 150 Å². The lowest BCUT2D eigenvalue weighted by atomic mass is 9.67. The molecule has 2 N–H and O–H groups in total. The van der Waals surface area contributed by atoms with Crippen molar-refractivity contribution in [3.8, 4) is 16.9 Å². The number of ether oxygens (including phenoxy) is 1. The Morgan fingerprint density at radius 1 is 0.750 bits per heavy atom. The molecule has 6 aromatic rings. The highest BCUT2D eigenvalue weighted by molar-refractivity contribution is 5.99. The van der Waals surface area contributed by atoms with E-state index in [4.69, 9.17) is 4.74 Å². The van der Waals surface area contributed by atoms with E-state index in [1.54, 1.807) is 7.11 Å². The summed E-state index contributed by atoms with van der Waals surface area (Å²) in [6.45, 7) is 0. The number of hydrogen-bond donors (Lipinski definition) is 2. The Balaban J connectivity index is 1.82. The van der Waals surface area contributed by atoms with Crippen LogP contribution in [-0.4, -0.2) is 17.1 Å². The molecule has 0 aliphatic rings. The molecule has 36 heavy (non-hydrogen) atoms. The van der Waals surface area contributed by atoms with Crippen molar-refractivity contribution in [2.24, 2.45) is 0 Å². The molecule has 0 fully saturated rings. The Kier molecular flexibility index (Phi) is 5.42. The third kappa shape index (κ3) is 3.34. The highest BCUT2D eigenvalue weighted by atomic mass is 19.1. The molecule has 2 heterocycles. The van der Waals surface area contributed by atoms with Crippen LogP contribution in [0.2, 0.25) is 0 Å². The van der Waals surface area contributed by atoms with E-state index in [9.17, 15) is 0 Å². The number of nitrogens with one attached hydrogen (secondary N) is 2. The third-order valence-corrected chi connectivity index (χ3v) is 6.93. The van der Waals surface area contributed by atoms with E-state index >= 15 is 4.39 Å². The van der Waals surface area contributed by atoms with Crippen LogP contribution in [0.4, 0.5) is 4.39 Å². The SMILES string of the molecule is COc1ccc(C(c2ccccc2)(c2ccc[nH]2)c2[nH]c3ccccc3c2-c2ccccc2)c(F)c1. The third-order valence-electron chi connectivity index (χ3n) is 6.93. The minimum atomic E-state index is -0.995. The fourth-order valence-corrected chi connectivity index (χ4v) is 5.38. The molecule has 0 radical (unpaired) electrons. The number of aromatic amines is 2. The van der Waals surface area contributed by atoms with E-state index in [2.05, 4.69) is 46.4 Å². The van der Waals surface area contributed by atoms with Crippen LogP contribution in [0.1, 0.15) is 22.5 Å². The quantitative estimate of drug-likeness (QED) is 0.256. The standard InChI is InChI=1S/C32H25FN2O/c1-36-24-18-19-26(27(33)21-24)32(29-17-10-20-34-29,23-13-6-3-7-14-23)31-30(22-11-4-2-5-12-22)25-15-8-9-16-28(25)35-31/h2-21,34-35H,1H3. The average Bonchev–Trinajstić information content (AvgIpc) is 3.60. The first kappa shape index (κ1) is 21.9. The van der Waals surface area contributed by atoms with Gasteiger partial charge in [-0.3, -0.25) is 0 Å². The van der Waals surface area contributed by atoms with Crippen LogP contribution in [0.5, 0.6) is 5.75 Å². The van der Waals surface area contributed by atoms with Crippen molar-refractivity contribution < 1.29 is 9.13 Å². The first-order chi connectivity index (χ1) is 17.7. The zero-order valence-corrected chi connectivity index (χ0v) is 19.8. The van der Waals surface area contributed by atoms with Gasteiger partial charge in [0.05, 0.1) is 7.11 Å². The molecule has 176 valence electrons. The van der Waals surface area contributed by atoms with Gasteiger partial charge >= 0.3 is 0 Å². The second-order valence-corrected chi connectivity index (χ2v) is 8.83. The van der Waals surface area contributed by atoms with Crippen molar-refractivity contribution >= 4 is 10.9 Å². The number of benzene rings is 4.